The fraction of sp³-hybridized carbons (Fsp3) is 1.00. The Hall–Kier alpha value is 0.180. The van der Waals surface area contributed by atoms with E-state index < -0.39 is 0 Å². The van der Waals surface area contributed by atoms with E-state index in [9.17, 15) is 4.39 Å². The molecule has 1 rings (SSSR count). The lowest BCUT2D eigenvalue weighted by molar-refractivity contribution is 0.189. The average molecular weight is 208 g/mol. The molecule has 0 saturated heterocycles. The van der Waals surface area contributed by atoms with Gasteiger partial charge in [0.2, 0.25) is 0 Å². The monoisotopic (exact) mass is 207 g/mol. The third kappa shape index (κ3) is 3.43. The molecule has 1 aliphatic rings. The topological polar surface area (TPSA) is 3.24 Å². The van der Waals surface area contributed by atoms with E-state index in [4.69, 9.17) is 11.6 Å². The molecule has 1 aliphatic carbocycles. The van der Waals surface area contributed by atoms with E-state index in [2.05, 4.69) is 11.9 Å². The van der Waals surface area contributed by atoms with Crippen molar-refractivity contribution in [2.24, 2.45) is 0 Å². The first-order valence-electron chi connectivity index (χ1n) is 5.16. The van der Waals surface area contributed by atoms with Gasteiger partial charge in [0.15, 0.2) is 0 Å². The highest BCUT2D eigenvalue weighted by molar-refractivity contribution is 6.21. The van der Waals surface area contributed by atoms with Crippen molar-refractivity contribution in [2.45, 2.75) is 43.5 Å². The molecule has 0 N–H and O–H groups in total. The maximum Gasteiger partial charge on any atom is 0.0906 e. The van der Waals surface area contributed by atoms with Crippen molar-refractivity contribution in [3.63, 3.8) is 0 Å². The average Bonchev–Trinajstić information content (AvgIpc) is 2.15. The Morgan fingerprint density at radius 1 is 1.38 bits per heavy atom. The van der Waals surface area contributed by atoms with Crippen molar-refractivity contribution < 1.29 is 4.39 Å². The molecule has 0 aromatic heterocycles. The van der Waals surface area contributed by atoms with Crippen LogP contribution in [0.5, 0.6) is 0 Å². The smallest absolute Gasteiger partial charge is 0.0906 e. The zero-order valence-electron chi connectivity index (χ0n) is 8.31. The van der Waals surface area contributed by atoms with Crippen LogP contribution in [0, 0.1) is 0 Å². The van der Waals surface area contributed by atoms with E-state index in [-0.39, 0.29) is 12.1 Å². The van der Waals surface area contributed by atoms with Crippen LogP contribution < -0.4 is 0 Å². The van der Waals surface area contributed by atoms with E-state index >= 15 is 0 Å². The molecule has 0 aromatic carbocycles. The van der Waals surface area contributed by atoms with E-state index in [1.54, 1.807) is 0 Å². The number of halogens is 2. The first kappa shape index (κ1) is 11.3. The molecule has 0 bridgehead atoms. The minimum Gasteiger partial charge on any atom is -0.302 e. The predicted molar refractivity (Wildman–Crippen MR) is 55.1 cm³/mol. The normalized spacial score (nSPS) is 29.5. The summed E-state index contributed by atoms with van der Waals surface area (Å²) in [6.07, 6.45) is 5.45. The summed E-state index contributed by atoms with van der Waals surface area (Å²) < 4.78 is 12.0. The lowest BCUT2D eigenvalue weighted by atomic mass is 9.94. The van der Waals surface area contributed by atoms with E-state index in [1.807, 2.05) is 0 Å². The predicted octanol–water partition coefficient (Wildman–Crippen LogP) is 2.83. The van der Waals surface area contributed by atoms with Crippen LogP contribution >= 0.6 is 11.6 Å². The Morgan fingerprint density at radius 3 is 2.69 bits per heavy atom. The lowest BCUT2D eigenvalue weighted by Gasteiger charge is -2.34. The first-order chi connectivity index (χ1) is 6.25. The molecule has 1 nitrogen and oxygen atoms in total. The maximum absolute atomic E-state index is 12.0. The highest BCUT2D eigenvalue weighted by Gasteiger charge is 2.25. The zero-order valence-corrected chi connectivity index (χ0v) is 9.06. The quantitative estimate of drug-likeness (QED) is 0.641. The molecule has 0 amide bonds. The maximum atomic E-state index is 12.0. The number of alkyl halides is 2. The molecule has 0 aromatic rings. The first-order valence-corrected chi connectivity index (χ1v) is 5.59. The fourth-order valence-electron chi connectivity index (χ4n) is 2.04. The fourth-order valence-corrected chi connectivity index (χ4v) is 2.51. The van der Waals surface area contributed by atoms with Crippen molar-refractivity contribution in [2.75, 3.05) is 20.3 Å². The number of hydrogen-bond acceptors (Lipinski definition) is 1. The molecule has 78 valence electrons. The van der Waals surface area contributed by atoms with Gasteiger partial charge in [-0.05, 0) is 26.3 Å². The van der Waals surface area contributed by atoms with Gasteiger partial charge in [0.05, 0.1) is 6.67 Å². The third-order valence-electron chi connectivity index (χ3n) is 2.86. The van der Waals surface area contributed by atoms with Gasteiger partial charge in [-0.2, -0.15) is 0 Å². The Bertz CT molecular complexity index is 143. The van der Waals surface area contributed by atoms with E-state index in [1.165, 1.54) is 19.3 Å². The summed E-state index contributed by atoms with van der Waals surface area (Å²) in [5.74, 6) is 0. The molecular formula is C10H19ClFN. The van der Waals surface area contributed by atoms with Crippen LogP contribution in [0.15, 0.2) is 0 Å². The van der Waals surface area contributed by atoms with Crippen LogP contribution in [0.25, 0.3) is 0 Å². The second-order valence-electron chi connectivity index (χ2n) is 3.89. The standard InChI is InChI=1S/C10H19ClFN/c1-13(8-4-7-12)10-6-3-2-5-9(10)11/h9-10H,2-8H2,1H3. The minimum absolute atomic E-state index is 0.218. The molecule has 2 unspecified atom stereocenters. The van der Waals surface area contributed by atoms with Gasteiger partial charge in [-0.3, -0.25) is 4.39 Å². The number of rotatable bonds is 4. The van der Waals surface area contributed by atoms with E-state index in [0.717, 1.165) is 13.0 Å². The summed E-state index contributed by atoms with van der Waals surface area (Å²) in [5, 5.41) is 0.276. The van der Waals surface area contributed by atoms with Crippen LogP contribution in [0.1, 0.15) is 32.1 Å². The third-order valence-corrected chi connectivity index (χ3v) is 3.37. The Balaban J connectivity index is 2.30. The molecule has 1 saturated carbocycles. The number of hydrogen-bond donors (Lipinski definition) is 0. The van der Waals surface area contributed by atoms with Gasteiger partial charge in [-0.15, -0.1) is 11.6 Å². The molecule has 0 spiro atoms. The summed E-state index contributed by atoms with van der Waals surface area (Å²) in [6.45, 7) is 0.619. The minimum atomic E-state index is -0.218. The Morgan fingerprint density at radius 2 is 2.08 bits per heavy atom. The van der Waals surface area contributed by atoms with Crippen LogP contribution in [-0.4, -0.2) is 36.6 Å². The summed E-state index contributed by atoms with van der Waals surface area (Å²) in [5.41, 5.74) is 0. The van der Waals surface area contributed by atoms with Gasteiger partial charge in [0.25, 0.3) is 0 Å². The highest BCUT2D eigenvalue weighted by atomic mass is 35.5. The summed E-state index contributed by atoms with van der Waals surface area (Å²) in [6, 6.07) is 0.474. The lowest BCUT2D eigenvalue weighted by Crippen LogP contribution is -2.41. The van der Waals surface area contributed by atoms with Crippen molar-refractivity contribution in [3.05, 3.63) is 0 Å². The van der Waals surface area contributed by atoms with Crippen molar-refractivity contribution in [1.82, 2.24) is 4.90 Å². The molecule has 1 fully saturated rings. The Kier molecular flexibility index (Phi) is 5.04. The van der Waals surface area contributed by atoms with Crippen molar-refractivity contribution >= 4 is 11.6 Å². The van der Waals surface area contributed by atoms with Gasteiger partial charge in [-0.1, -0.05) is 12.8 Å². The molecule has 0 radical (unpaired) electrons. The van der Waals surface area contributed by atoms with Crippen molar-refractivity contribution in [1.29, 1.82) is 0 Å². The van der Waals surface area contributed by atoms with Gasteiger partial charge >= 0.3 is 0 Å². The summed E-state index contributed by atoms with van der Waals surface area (Å²) >= 11 is 6.22. The summed E-state index contributed by atoms with van der Waals surface area (Å²) in [7, 11) is 2.06. The second kappa shape index (κ2) is 5.82. The van der Waals surface area contributed by atoms with Gasteiger partial charge in [0, 0.05) is 18.0 Å². The van der Waals surface area contributed by atoms with Crippen LogP contribution in [0.4, 0.5) is 4.39 Å². The molecule has 3 heteroatoms. The van der Waals surface area contributed by atoms with Crippen LogP contribution in [0.3, 0.4) is 0 Å². The van der Waals surface area contributed by atoms with Gasteiger partial charge in [-0.25, -0.2) is 0 Å². The largest absolute Gasteiger partial charge is 0.302 e. The highest BCUT2D eigenvalue weighted by Crippen LogP contribution is 2.26. The molecule has 0 aliphatic heterocycles. The van der Waals surface area contributed by atoms with E-state index in [0.29, 0.717) is 12.5 Å². The SMILES string of the molecule is CN(CCCF)C1CCCCC1Cl. The summed E-state index contributed by atoms with van der Waals surface area (Å²) in [4.78, 5) is 2.22. The second-order valence-corrected chi connectivity index (χ2v) is 4.45. The van der Waals surface area contributed by atoms with Gasteiger partial charge in [0.1, 0.15) is 0 Å². The number of nitrogens with zero attached hydrogens (tertiary/aromatic N) is 1. The molecule has 2 atom stereocenters. The molecule has 0 heterocycles. The van der Waals surface area contributed by atoms with Crippen molar-refractivity contribution in [3.8, 4) is 0 Å². The molecular weight excluding hydrogens is 189 g/mol. The molecule has 13 heavy (non-hydrogen) atoms. The Labute approximate surface area is 85.2 Å². The van der Waals surface area contributed by atoms with Crippen LogP contribution in [-0.2, 0) is 0 Å². The van der Waals surface area contributed by atoms with Crippen LogP contribution in [0.2, 0.25) is 0 Å². The van der Waals surface area contributed by atoms with Gasteiger partial charge < -0.3 is 4.90 Å². The zero-order chi connectivity index (χ0) is 9.68.